The maximum absolute atomic E-state index is 13.0. The van der Waals surface area contributed by atoms with Gasteiger partial charge >= 0.3 is 0 Å². The Morgan fingerprint density at radius 1 is 0.882 bits per heavy atom. The average Bonchev–Trinajstić information content (AvgIpc) is 3.64. The van der Waals surface area contributed by atoms with Gasteiger partial charge in [0.25, 0.3) is 0 Å². The Hall–Kier alpha value is -2.01. The van der Waals surface area contributed by atoms with Crippen molar-refractivity contribution >= 4 is 27.5 Å². The second kappa shape index (κ2) is 11.2. The number of nitrogens with one attached hydrogen (secondary N) is 2. The van der Waals surface area contributed by atoms with Crippen molar-refractivity contribution in [2.75, 3.05) is 51.6 Å². The average molecular weight is 492 g/mol. The van der Waals surface area contributed by atoms with Crippen LogP contribution in [-0.2, 0) is 19.6 Å². The molecule has 1 aliphatic heterocycles. The van der Waals surface area contributed by atoms with E-state index in [0.717, 1.165) is 64.7 Å². The minimum Gasteiger partial charge on any atom is -0.352 e. The fraction of sp³-hybridized carbons (Fsp3) is 0.667. The zero-order valence-electron chi connectivity index (χ0n) is 20.0. The lowest BCUT2D eigenvalue weighted by atomic mass is 9.96. The van der Waals surface area contributed by atoms with Crippen LogP contribution in [-0.4, -0.2) is 92.7 Å². The molecule has 1 heterocycles. The van der Waals surface area contributed by atoms with Crippen molar-refractivity contribution < 1.29 is 18.0 Å². The van der Waals surface area contributed by atoms with Crippen LogP contribution in [0.3, 0.4) is 0 Å². The standard InChI is InChI=1S/C24H37N5O4S/c1-27(21-5-3-2-4-6-21)34(32,33)22-11-9-20(10-12-22)26-24(31)18-29-15-13-28(14-16-29)17-23(30)25-19-7-8-19/h9-12,19,21H,2-8,13-18H2,1H3,(H,25,30)(H,26,31). The van der Waals surface area contributed by atoms with Gasteiger partial charge < -0.3 is 10.6 Å². The molecule has 2 aliphatic carbocycles. The van der Waals surface area contributed by atoms with Gasteiger partial charge in [-0.05, 0) is 49.9 Å². The minimum atomic E-state index is -3.54. The smallest absolute Gasteiger partial charge is 0.243 e. The first-order valence-corrected chi connectivity index (χ1v) is 13.9. The van der Waals surface area contributed by atoms with Crippen molar-refractivity contribution in [1.29, 1.82) is 0 Å². The first-order chi connectivity index (χ1) is 16.3. The van der Waals surface area contributed by atoms with Crippen LogP contribution in [0.15, 0.2) is 29.2 Å². The van der Waals surface area contributed by atoms with E-state index in [-0.39, 0.29) is 29.3 Å². The summed E-state index contributed by atoms with van der Waals surface area (Å²) in [5, 5.41) is 5.87. The highest BCUT2D eigenvalue weighted by atomic mass is 32.2. The highest BCUT2D eigenvalue weighted by Gasteiger charge is 2.29. The maximum atomic E-state index is 13.0. The van der Waals surface area contributed by atoms with Crippen LogP contribution >= 0.6 is 0 Å². The number of anilines is 1. The third-order valence-electron chi connectivity index (χ3n) is 7.05. The molecule has 0 bridgehead atoms. The fourth-order valence-corrected chi connectivity index (χ4v) is 6.15. The number of nitrogens with zero attached hydrogens (tertiary/aromatic N) is 3. The number of amides is 2. The molecule has 4 rings (SSSR count). The molecule has 0 atom stereocenters. The van der Waals surface area contributed by atoms with Gasteiger partial charge in [-0.3, -0.25) is 19.4 Å². The van der Waals surface area contributed by atoms with Crippen LogP contribution in [0.4, 0.5) is 5.69 Å². The van der Waals surface area contributed by atoms with Gasteiger partial charge in [-0.2, -0.15) is 4.31 Å². The zero-order chi connectivity index (χ0) is 24.1. The van der Waals surface area contributed by atoms with Crippen LogP contribution in [0, 0.1) is 0 Å². The first-order valence-electron chi connectivity index (χ1n) is 12.4. The van der Waals surface area contributed by atoms with Crippen molar-refractivity contribution in [2.45, 2.75) is 61.9 Å². The summed E-state index contributed by atoms with van der Waals surface area (Å²) in [6, 6.07) is 6.87. The molecule has 0 spiro atoms. The molecule has 2 N–H and O–H groups in total. The van der Waals surface area contributed by atoms with E-state index >= 15 is 0 Å². The van der Waals surface area contributed by atoms with E-state index in [0.29, 0.717) is 18.3 Å². The van der Waals surface area contributed by atoms with Gasteiger partial charge in [-0.1, -0.05) is 19.3 Å². The summed E-state index contributed by atoms with van der Waals surface area (Å²) < 4.78 is 27.5. The van der Waals surface area contributed by atoms with Crippen molar-refractivity contribution in [2.24, 2.45) is 0 Å². The Labute approximate surface area is 202 Å². The van der Waals surface area contributed by atoms with Crippen LogP contribution in [0.2, 0.25) is 0 Å². The molecule has 34 heavy (non-hydrogen) atoms. The maximum Gasteiger partial charge on any atom is 0.243 e. The van der Waals surface area contributed by atoms with Gasteiger partial charge in [0.2, 0.25) is 21.8 Å². The zero-order valence-corrected chi connectivity index (χ0v) is 20.9. The third kappa shape index (κ3) is 6.78. The number of hydrogen-bond acceptors (Lipinski definition) is 6. The molecule has 10 heteroatoms. The van der Waals surface area contributed by atoms with E-state index in [9.17, 15) is 18.0 Å². The Morgan fingerprint density at radius 2 is 1.44 bits per heavy atom. The van der Waals surface area contributed by atoms with Gasteiger partial charge in [0, 0.05) is 51.0 Å². The van der Waals surface area contributed by atoms with E-state index in [2.05, 4.69) is 20.4 Å². The SMILES string of the molecule is CN(C1CCCCC1)S(=O)(=O)c1ccc(NC(=O)CN2CCN(CC(=O)NC3CC3)CC2)cc1. The number of benzene rings is 1. The number of carbonyl (C=O) groups excluding carboxylic acids is 2. The van der Waals surface area contributed by atoms with Crippen molar-refractivity contribution in [1.82, 2.24) is 19.4 Å². The lowest BCUT2D eigenvalue weighted by Crippen LogP contribution is -2.51. The molecule has 1 saturated heterocycles. The molecular formula is C24H37N5O4S. The summed E-state index contributed by atoms with van der Waals surface area (Å²) in [6.07, 6.45) is 7.31. The summed E-state index contributed by atoms with van der Waals surface area (Å²) in [6.45, 7) is 3.66. The van der Waals surface area contributed by atoms with Crippen LogP contribution in [0.25, 0.3) is 0 Å². The molecule has 9 nitrogen and oxygen atoms in total. The topological polar surface area (TPSA) is 102 Å². The predicted octanol–water partition coefficient (Wildman–Crippen LogP) is 1.47. The lowest BCUT2D eigenvalue weighted by molar-refractivity contribution is -0.123. The van der Waals surface area contributed by atoms with Gasteiger partial charge in [-0.25, -0.2) is 8.42 Å². The molecule has 2 amide bonds. The van der Waals surface area contributed by atoms with E-state index in [1.807, 2.05) is 0 Å². The summed E-state index contributed by atoms with van der Waals surface area (Å²) in [5.74, 6) is -0.0426. The largest absolute Gasteiger partial charge is 0.352 e. The minimum absolute atomic E-state index is 0.0613. The Morgan fingerprint density at radius 3 is 2.00 bits per heavy atom. The number of hydrogen-bond donors (Lipinski definition) is 2. The molecule has 1 aromatic carbocycles. The highest BCUT2D eigenvalue weighted by molar-refractivity contribution is 7.89. The second-order valence-corrected chi connectivity index (χ2v) is 11.8. The molecule has 3 aliphatic rings. The number of rotatable bonds is 9. The van der Waals surface area contributed by atoms with Crippen molar-refractivity contribution in [3.05, 3.63) is 24.3 Å². The third-order valence-corrected chi connectivity index (χ3v) is 8.97. The quantitative estimate of drug-likeness (QED) is 0.543. The van der Waals surface area contributed by atoms with Crippen LogP contribution in [0.5, 0.6) is 0 Å². The molecule has 188 valence electrons. The van der Waals surface area contributed by atoms with Gasteiger partial charge in [-0.15, -0.1) is 0 Å². The monoisotopic (exact) mass is 491 g/mol. The predicted molar refractivity (Wildman–Crippen MR) is 131 cm³/mol. The Balaban J connectivity index is 1.22. The van der Waals surface area contributed by atoms with Gasteiger partial charge in [0.15, 0.2) is 0 Å². The number of sulfonamides is 1. The summed E-state index contributed by atoms with van der Waals surface area (Å²) in [7, 11) is -1.88. The molecule has 3 fully saturated rings. The molecule has 1 aromatic rings. The molecular weight excluding hydrogens is 454 g/mol. The highest BCUT2D eigenvalue weighted by Crippen LogP contribution is 2.27. The lowest BCUT2D eigenvalue weighted by Gasteiger charge is -2.33. The number of piperazine rings is 1. The molecule has 0 unspecified atom stereocenters. The second-order valence-electron chi connectivity index (χ2n) is 9.78. The first kappa shape index (κ1) is 25.1. The summed E-state index contributed by atoms with van der Waals surface area (Å²) in [4.78, 5) is 28.9. The van der Waals surface area contributed by atoms with Crippen molar-refractivity contribution in [3.63, 3.8) is 0 Å². The molecule has 0 aromatic heterocycles. The summed E-state index contributed by atoms with van der Waals surface area (Å²) >= 11 is 0. The fourth-order valence-electron chi connectivity index (χ4n) is 4.73. The van der Waals surface area contributed by atoms with Gasteiger partial charge in [0.1, 0.15) is 0 Å². The molecule has 0 radical (unpaired) electrons. The van der Waals surface area contributed by atoms with Crippen molar-refractivity contribution in [3.8, 4) is 0 Å². The van der Waals surface area contributed by atoms with Gasteiger partial charge in [0.05, 0.1) is 18.0 Å². The summed E-state index contributed by atoms with van der Waals surface area (Å²) in [5.41, 5.74) is 0.583. The van der Waals surface area contributed by atoms with E-state index in [1.54, 1.807) is 31.3 Å². The van der Waals surface area contributed by atoms with Crippen LogP contribution in [0.1, 0.15) is 44.9 Å². The Kier molecular flexibility index (Phi) is 8.23. The molecule has 2 saturated carbocycles. The number of carbonyl (C=O) groups is 2. The van der Waals surface area contributed by atoms with E-state index in [1.165, 1.54) is 10.7 Å². The Bertz CT molecular complexity index is 950. The van der Waals surface area contributed by atoms with E-state index in [4.69, 9.17) is 0 Å². The normalized spacial score (nSPS) is 20.9. The van der Waals surface area contributed by atoms with E-state index < -0.39 is 10.0 Å². The van der Waals surface area contributed by atoms with Crippen LogP contribution < -0.4 is 10.6 Å².